The van der Waals surface area contributed by atoms with Gasteiger partial charge in [-0.05, 0) is 58.7 Å². The summed E-state index contributed by atoms with van der Waals surface area (Å²) >= 11 is 5.98. The molecule has 0 bridgehead atoms. The summed E-state index contributed by atoms with van der Waals surface area (Å²) in [6, 6.07) is 8.39. The monoisotopic (exact) mass is 400 g/mol. The molecule has 0 atom stereocenters. The molecule has 4 rings (SSSR count). The SMILES string of the molecule is Cl.O=S(=O)(Nc1ccc2c(c1)CNCC2)c1ccc(Cl)c2nonc12. The fourth-order valence-corrected chi connectivity index (χ4v) is 4.15. The standard InChI is InChI=1S/C15H13ClN4O3S.ClH/c16-12-3-4-13(15-14(12)18-23-19-15)24(21,22)20-11-2-1-9-5-6-17-8-10(9)7-11;/h1-4,7,17,20H,5-6,8H2;1H. The van der Waals surface area contributed by atoms with Crippen LogP contribution in [0.4, 0.5) is 5.69 Å². The average Bonchev–Trinajstić information content (AvgIpc) is 3.05. The third kappa shape index (κ3) is 3.30. The van der Waals surface area contributed by atoms with Gasteiger partial charge >= 0.3 is 0 Å². The zero-order valence-corrected chi connectivity index (χ0v) is 15.2. The number of halogens is 2. The normalized spacial score (nSPS) is 14.0. The van der Waals surface area contributed by atoms with E-state index in [0.29, 0.717) is 5.69 Å². The Kier molecular flexibility index (Phi) is 4.88. The summed E-state index contributed by atoms with van der Waals surface area (Å²) in [4.78, 5) is -0.0287. The molecule has 25 heavy (non-hydrogen) atoms. The first-order valence-electron chi connectivity index (χ1n) is 7.31. The number of benzene rings is 2. The number of fused-ring (bicyclic) bond motifs is 2. The Morgan fingerprint density at radius 2 is 1.92 bits per heavy atom. The van der Waals surface area contributed by atoms with E-state index in [0.717, 1.165) is 25.1 Å². The molecule has 0 fully saturated rings. The van der Waals surface area contributed by atoms with Crippen LogP contribution < -0.4 is 10.0 Å². The summed E-state index contributed by atoms with van der Waals surface area (Å²) in [7, 11) is -3.84. The van der Waals surface area contributed by atoms with Crippen LogP contribution in [-0.4, -0.2) is 25.3 Å². The van der Waals surface area contributed by atoms with Crippen molar-refractivity contribution in [2.75, 3.05) is 11.3 Å². The first-order chi connectivity index (χ1) is 11.5. The van der Waals surface area contributed by atoms with Crippen LogP contribution in [0.5, 0.6) is 0 Å². The van der Waals surface area contributed by atoms with E-state index in [1.807, 2.05) is 12.1 Å². The summed E-state index contributed by atoms with van der Waals surface area (Å²) in [6.45, 7) is 1.66. The Morgan fingerprint density at radius 3 is 2.76 bits per heavy atom. The quantitative estimate of drug-likeness (QED) is 0.701. The number of hydrogen-bond acceptors (Lipinski definition) is 6. The molecule has 1 aliphatic heterocycles. The van der Waals surface area contributed by atoms with E-state index in [1.165, 1.54) is 17.7 Å². The van der Waals surface area contributed by atoms with Crippen LogP contribution in [0.2, 0.25) is 5.02 Å². The molecule has 0 amide bonds. The van der Waals surface area contributed by atoms with E-state index in [1.54, 1.807) is 6.07 Å². The van der Waals surface area contributed by atoms with Crippen molar-refractivity contribution < 1.29 is 13.0 Å². The Morgan fingerprint density at radius 1 is 1.12 bits per heavy atom. The molecule has 132 valence electrons. The molecule has 3 aromatic rings. The number of aromatic nitrogens is 2. The van der Waals surface area contributed by atoms with E-state index in [9.17, 15) is 8.42 Å². The van der Waals surface area contributed by atoms with Crippen molar-refractivity contribution in [1.82, 2.24) is 15.6 Å². The van der Waals surface area contributed by atoms with E-state index >= 15 is 0 Å². The first kappa shape index (κ1) is 17.9. The molecule has 2 heterocycles. The fraction of sp³-hybridized carbons (Fsp3) is 0.200. The van der Waals surface area contributed by atoms with Gasteiger partial charge in [0.15, 0.2) is 11.0 Å². The van der Waals surface area contributed by atoms with Crippen molar-refractivity contribution in [3.63, 3.8) is 0 Å². The van der Waals surface area contributed by atoms with Crippen molar-refractivity contribution in [1.29, 1.82) is 0 Å². The maximum Gasteiger partial charge on any atom is 0.264 e. The van der Waals surface area contributed by atoms with Crippen molar-refractivity contribution in [3.05, 3.63) is 46.5 Å². The highest BCUT2D eigenvalue weighted by molar-refractivity contribution is 7.93. The van der Waals surface area contributed by atoms with Crippen LogP contribution in [0.1, 0.15) is 11.1 Å². The summed E-state index contributed by atoms with van der Waals surface area (Å²) < 4.78 is 32.6. The molecule has 0 spiro atoms. The average molecular weight is 401 g/mol. The number of nitrogens with one attached hydrogen (secondary N) is 2. The van der Waals surface area contributed by atoms with Gasteiger partial charge in [-0.2, -0.15) is 0 Å². The number of sulfonamides is 1. The molecule has 2 aromatic carbocycles. The van der Waals surface area contributed by atoms with Gasteiger partial charge in [0.2, 0.25) is 0 Å². The minimum Gasteiger partial charge on any atom is -0.312 e. The fourth-order valence-electron chi connectivity index (χ4n) is 2.78. The summed E-state index contributed by atoms with van der Waals surface area (Å²) in [5.41, 5.74) is 3.14. The van der Waals surface area contributed by atoms with Crippen LogP contribution >= 0.6 is 24.0 Å². The molecule has 0 unspecified atom stereocenters. The lowest BCUT2D eigenvalue weighted by molar-refractivity contribution is 0.315. The Hall–Kier alpha value is -1.87. The minimum atomic E-state index is -3.84. The third-order valence-electron chi connectivity index (χ3n) is 3.96. The summed E-state index contributed by atoms with van der Waals surface area (Å²) in [5.74, 6) is 0. The zero-order chi connectivity index (χ0) is 16.7. The van der Waals surface area contributed by atoms with Gasteiger partial charge in [-0.25, -0.2) is 13.0 Å². The Bertz CT molecular complexity index is 1040. The Labute approximate surface area is 155 Å². The van der Waals surface area contributed by atoms with E-state index in [4.69, 9.17) is 11.6 Å². The van der Waals surface area contributed by atoms with Crippen LogP contribution in [0.25, 0.3) is 11.0 Å². The highest BCUT2D eigenvalue weighted by Gasteiger charge is 2.22. The molecule has 0 saturated carbocycles. The van der Waals surface area contributed by atoms with Gasteiger partial charge < -0.3 is 5.32 Å². The molecule has 0 saturated heterocycles. The topological polar surface area (TPSA) is 97.1 Å². The molecule has 2 N–H and O–H groups in total. The second-order valence-corrected chi connectivity index (χ2v) is 7.58. The lowest BCUT2D eigenvalue weighted by Gasteiger charge is -2.18. The largest absolute Gasteiger partial charge is 0.312 e. The van der Waals surface area contributed by atoms with E-state index in [-0.39, 0.29) is 33.4 Å². The number of nitrogens with zero attached hydrogens (tertiary/aromatic N) is 2. The molecule has 1 aromatic heterocycles. The predicted octanol–water partition coefficient (Wildman–Crippen LogP) is 2.74. The summed E-state index contributed by atoms with van der Waals surface area (Å²) in [6.07, 6.45) is 0.935. The zero-order valence-electron chi connectivity index (χ0n) is 12.8. The maximum atomic E-state index is 12.7. The van der Waals surface area contributed by atoms with Crippen LogP contribution in [0, 0.1) is 0 Å². The van der Waals surface area contributed by atoms with E-state index < -0.39 is 10.0 Å². The maximum absolute atomic E-state index is 12.7. The van der Waals surface area contributed by atoms with Gasteiger partial charge in [0.1, 0.15) is 4.90 Å². The van der Waals surface area contributed by atoms with Crippen molar-refractivity contribution >= 4 is 50.8 Å². The molecule has 0 radical (unpaired) electrons. The van der Waals surface area contributed by atoms with Gasteiger partial charge in [-0.1, -0.05) is 17.7 Å². The van der Waals surface area contributed by atoms with Crippen LogP contribution in [-0.2, 0) is 23.0 Å². The van der Waals surface area contributed by atoms with Crippen LogP contribution in [0.15, 0.2) is 39.9 Å². The van der Waals surface area contributed by atoms with Gasteiger partial charge in [0, 0.05) is 12.2 Å². The second kappa shape index (κ2) is 6.80. The van der Waals surface area contributed by atoms with Gasteiger partial charge in [-0.3, -0.25) is 4.72 Å². The minimum absolute atomic E-state index is 0. The Balaban J connectivity index is 0.00000182. The number of anilines is 1. The molecule has 0 aliphatic carbocycles. The second-order valence-electron chi connectivity index (χ2n) is 5.52. The number of hydrogen-bond donors (Lipinski definition) is 2. The lowest BCUT2D eigenvalue weighted by Crippen LogP contribution is -2.23. The molecular weight excluding hydrogens is 387 g/mol. The molecular formula is C15H14Cl2N4O3S. The predicted molar refractivity (Wildman–Crippen MR) is 96.7 cm³/mol. The van der Waals surface area contributed by atoms with Gasteiger partial charge in [0.05, 0.1) is 5.02 Å². The first-order valence-corrected chi connectivity index (χ1v) is 9.17. The van der Waals surface area contributed by atoms with Crippen molar-refractivity contribution in [2.24, 2.45) is 0 Å². The molecule has 7 nitrogen and oxygen atoms in total. The third-order valence-corrected chi connectivity index (χ3v) is 5.68. The highest BCUT2D eigenvalue weighted by atomic mass is 35.5. The summed E-state index contributed by atoms with van der Waals surface area (Å²) in [5, 5.41) is 10.8. The van der Waals surface area contributed by atoms with E-state index in [2.05, 4.69) is 25.0 Å². The van der Waals surface area contributed by atoms with Gasteiger partial charge in [0.25, 0.3) is 10.0 Å². The molecule has 1 aliphatic rings. The lowest BCUT2D eigenvalue weighted by atomic mass is 10.0. The van der Waals surface area contributed by atoms with Gasteiger partial charge in [-0.15, -0.1) is 12.4 Å². The van der Waals surface area contributed by atoms with Crippen molar-refractivity contribution in [3.8, 4) is 0 Å². The van der Waals surface area contributed by atoms with Crippen molar-refractivity contribution in [2.45, 2.75) is 17.9 Å². The smallest absolute Gasteiger partial charge is 0.264 e. The van der Waals surface area contributed by atoms with Crippen LogP contribution in [0.3, 0.4) is 0 Å². The molecule has 10 heteroatoms. The highest BCUT2D eigenvalue weighted by Crippen LogP contribution is 2.28. The number of rotatable bonds is 3.